The van der Waals surface area contributed by atoms with Crippen LogP contribution in [0.4, 0.5) is 0 Å². The Labute approximate surface area is 130 Å². The third-order valence-corrected chi connectivity index (χ3v) is 4.45. The number of nitrogens with zero attached hydrogens (tertiary/aromatic N) is 2. The van der Waals surface area contributed by atoms with E-state index in [4.69, 9.17) is 4.74 Å². The van der Waals surface area contributed by atoms with Gasteiger partial charge in [0.05, 0.1) is 12.2 Å². The van der Waals surface area contributed by atoms with Crippen LogP contribution in [-0.4, -0.2) is 53.9 Å². The van der Waals surface area contributed by atoms with E-state index in [1.165, 1.54) is 10.6 Å². The number of hydrogen-bond donors (Lipinski definition) is 1. The minimum atomic E-state index is -0.287. The van der Waals surface area contributed by atoms with Gasteiger partial charge in [-0.2, -0.15) is 0 Å². The Morgan fingerprint density at radius 3 is 2.86 bits per heavy atom. The summed E-state index contributed by atoms with van der Waals surface area (Å²) >= 11 is 0. The summed E-state index contributed by atoms with van der Waals surface area (Å²) in [6, 6.07) is 2.97. The highest BCUT2D eigenvalue weighted by Gasteiger charge is 2.36. The molecule has 1 unspecified atom stereocenters. The molecular weight excluding hydrogens is 284 g/mol. The third-order valence-electron chi connectivity index (χ3n) is 4.45. The maximum atomic E-state index is 12.6. The highest BCUT2D eigenvalue weighted by atomic mass is 16.5. The molecule has 0 spiro atoms. The van der Waals surface area contributed by atoms with Gasteiger partial charge >= 0.3 is 0 Å². The van der Waals surface area contributed by atoms with Crippen LogP contribution in [0.3, 0.4) is 0 Å². The molecule has 2 rings (SSSR count). The zero-order valence-electron chi connectivity index (χ0n) is 13.2. The second-order valence-corrected chi connectivity index (χ2v) is 6.10. The van der Waals surface area contributed by atoms with Crippen LogP contribution in [-0.2, 0) is 11.8 Å². The molecular formula is C16H24N2O4. The molecule has 1 fully saturated rings. The number of aryl methyl sites for hydroxylation is 1. The van der Waals surface area contributed by atoms with Gasteiger partial charge in [-0.3, -0.25) is 9.59 Å². The number of amides is 1. The Kier molecular flexibility index (Phi) is 5.37. The van der Waals surface area contributed by atoms with Gasteiger partial charge in [0.1, 0.15) is 0 Å². The molecule has 1 aliphatic rings. The summed E-state index contributed by atoms with van der Waals surface area (Å²) in [5.74, 6) is -0.0921. The molecule has 2 heterocycles. The lowest BCUT2D eigenvalue weighted by molar-refractivity contribution is 0.00895. The Morgan fingerprint density at radius 2 is 2.23 bits per heavy atom. The summed E-state index contributed by atoms with van der Waals surface area (Å²) in [5, 5.41) is 9.78. The van der Waals surface area contributed by atoms with Gasteiger partial charge in [0.15, 0.2) is 0 Å². The van der Waals surface area contributed by atoms with Gasteiger partial charge < -0.3 is 19.3 Å². The number of carbonyl (C=O) groups excluding carboxylic acids is 1. The van der Waals surface area contributed by atoms with Crippen LogP contribution < -0.4 is 5.56 Å². The number of rotatable bonds is 5. The fourth-order valence-electron chi connectivity index (χ4n) is 3.01. The van der Waals surface area contributed by atoms with E-state index in [1.54, 1.807) is 31.3 Å². The zero-order chi connectivity index (χ0) is 16.2. The van der Waals surface area contributed by atoms with Crippen molar-refractivity contribution >= 4 is 5.91 Å². The summed E-state index contributed by atoms with van der Waals surface area (Å²) in [6.07, 6.45) is 4.05. The first kappa shape index (κ1) is 16.7. The average molecular weight is 308 g/mol. The van der Waals surface area contributed by atoms with Crippen LogP contribution >= 0.6 is 0 Å². The van der Waals surface area contributed by atoms with Crippen LogP contribution in [0.5, 0.6) is 0 Å². The van der Waals surface area contributed by atoms with Gasteiger partial charge in [0.25, 0.3) is 5.91 Å². The Bertz CT molecular complexity index is 584. The molecule has 6 nitrogen and oxygen atoms in total. The maximum absolute atomic E-state index is 12.6. The summed E-state index contributed by atoms with van der Waals surface area (Å²) in [4.78, 5) is 25.8. The van der Waals surface area contributed by atoms with Gasteiger partial charge in [-0.1, -0.05) is 0 Å². The SMILES string of the molecule is COCCC1(CO)CCCN(C(=O)c2ccc(=O)n(C)c2)C1. The first-order valence-corrected chi connectivity index (χ1v) is 7.57. The molecule has 1 aromatic rings. The van der Waals surface area contributed by atoms with Gasteiger partial charge in [-0.05, 0) is 25.3 Å². The minimum Gasteiger partial charge on any atom is -0.396 e. The normalized spacial score (nSPS) is 21.9. The number of aliphatic hydroxyl groups excluding tert-OH is 1. The molecule has 0 aromatic carbocycles. The first-order chi connectivity index (χ1) is 10.5. The maximum Gasteiger partial charge on any atom is 0.255 e. The molecule has 122 valence electrons. The van der Waals surface area contributed by atoms with E-state index in [9.17, 15) is 14.7 Å². The van der Waals surface area contributed by atoms with Crippen LogP contribution in [0.15, 0.2) is 23.1 Å². The number of piperidine rings is 1. The Morgan fingerprint density at radius 1 is 1.45 bits per heavy atom. The zero-order valence-corrected chi connectivity index (χ0v) is 13.2. The van der Waals surface area contributed by atoms with E-state index in [2.05, 4.69) is 0 Å². The summed E-state index contributed by atoms with van der Waals surface area (Å²) < 4.78 is 6.53. The molecule has 0 aliphatic carbocycles. The lowest BCUT2D eigenvalue weighted by Gasteiger charge is -2.41. The molecule has 22 heavy (non-hydrogen) atoms. The number of aromatic nitrogens is 1. The predicted octanol–water partition coefficient (Wildman–Crippen LogP) is 0.636. The summed E-state index contributed by atoms with van der Waals surface area (Å²) in [5.41, 5.74) is 0.0764. The van der Waals surface area contributed by atoms with Crippen molar-refractivity contribution in [1.29, 1.82) is 0 Å². The van der Waals surface area contributed by atoms with E-state index in [-0.39, 0.29) is 23.5 Å². The van der Waals surface area contributed by atoms with Crippen molar-refractivity contribution < 1.29 is 14.6 Å². The third kappa shape index (κ3) is 3.56. The van der Waals surface area contributed by atoms with E-state index in [1.807, 2.05) is 0 Å². The summed E-state index contributed by atoms with van der Waals surface area (Å²) in [6.45, 7) is 1.82. The number of ether oxygens (including phenoxy) is 1. The fraction of sp³-hybridized carbons (Fsp3) is 0.625. The number of aliphatic hydroxyl groups is 1. The predicted molar refractivity (Wildman–Crippen MR) is 82.8 cm³/mol. The van der Waals surface area contributed by atoms with Crippen LogP contribution in [0.2, 0.25) is 0 Å². The number of methoxy groups -OCH3 is 1. The molecule has 0 saturated carbocycles. The largest absolute Gasteiger partial charge is 0.396 e. The lowest BCUT2D eigenvalue weighted by Crippen LogP contribution is -2.48. The quantitative estimate of drug-likeness (QED) is 0.866. The van der Waals surface area contributed by atoms with Crippen molar-refractivity contribution in [3.8, 4) is 0 Å². The van der Waals surface area contributed by atoms with E-state index < -0.39 is 0 Å². The van der Waals surface area contributed by atoms with Crippen molar-refractivity contribution in [3.63, 3.8) is 0 Å². The van der Waals surface area contributed by atoms with Crippen LogP contribution in [0.25, 0.3) is 0 Å². The van der Waals surface area contributed by atoms with Crippen molar-refractivity contribution in [2.45, 2.75) is 19.3 Å². The number of carbonyl (C=O) groups is 1. The molecule has 1 amide bonds. The molecule has 1 aromatic heterocycles. The molecule has 1 N–H and O–H groups in total. The molecule has 6 heteroatoms. The minimum absolute atomic E-state index is 0.0490. The van der Waals surface area contributed by atoms with Gasteiger partial charge in [0, 0.05) is 51.5 Å². The monoisotopic (exact) mass is 308 g/mol. The average Bonchev–Trinajstić information content (AvgIpc) is 2.55. The molecule has 0 radical (unpaired) electrons. The second-order valence-electron chi connectivity index (χ2n) is 6.10. The highest BCUT2D eigenvalue weighted by molar-refractivity contribution is 5.94. The van der Waals surface area contributed by atoms with Gasteiger partial charge in [0.2, 0.25) is 5.56 Å². The molecule has 1 aliphatic heterocycles. The fourth-order valence-corrected chi connectivity index (χ4v) is 3.01. The Hall–Kier alpha value is -1.66. The summed E-state index contributed by atoms with van der Waals surface area (Å²) in [7, 11) is 3.27. The van der Waals surface area contributed by atoms with Crippen molar-refractivity contribution in [3.05, 3.63) is 34.2 Å². The standard InChI is InChI=1S/C16H24N2O4/c1-17-10-13(4-5-14(17)20)15(21)18-8-3-6-16(11-18,12-19)7-9-22-2/h4-5,10,19H,3,6-9,11-12H2,1-2H3. The van der Waals surface area contributed by atoms with Crippen LogP contribution in [0.1, 0.15) is 29.6 Å². The van der Waals surface area contributed by atoms with E-state index in [0.29, 0.717) is 25.3 Å². The molecule has 1 atom stereocenters. The van der Waals surface area contributed by atoms with Crippen molar-refractivity contribution in [2.75, 3.05) is 33.4 Å². The molecule has 0 bridgehead atoms. The molecule has 1 saturated heterocycles. The number of hydrogen-bond acceptors (Lipinski definition) is 4. The van der Waals surface area contributed by atoms with Gasteiger partial charge in [-0.25, -0.2) is 0 Å². The second kappa shape index (κ2) is 7.07. The topological polar surface area (TPSA) is 71.8 Å². The van der Waals surface area contributed by atoms with E-state index in [0.717, 1.165) is 19.3 Å². The number of pyridine rings is 1. The number of likely N-dealkylation sites (tertiary alicyclic amines) is 1. The highest BCUT2D eigenvalue weighted by Crippen LogP contribution is 2.33. The van der Waals surface area contributed by atoms with E-state index >= 15 is 0 Å². The lowest BCUT2D eigenvalue weighted by atomic mass is 9.78. The van der Waals surface area contributed by atoms with Crippen molar-refractivity contribution in [2.24, 2.45) is 12.5 Å². The van der Waals surface area contributed by atoms with Gasteiger partial charge in [-0.15, -0.1) is 0 Å². The first-order valence-electron chi connectivity index (χ1n) is 7.57. The van der Waals surface area contributed by atoms with Crippen molar-refractivity contribution in [1.82, 2.24) is 9.47 Å². The Balaban J connectivity index is 2.15. The smallest absolute Gasteiger partial charge is 0.255 e. The van der Waals surface area contributed by atoms with Crippen LogP contribution in [0, 0.1) is 5.41 Å².